The van der Waals surface area contributed by atoms with Gasteiger partial charge in [-0.05, 0) is 30.5 Å². The number of ether oxygens (including phenoxy) is 2. The van der Waals surface area contributed by atoms with Crippen molar-refractivity contribution in [1.29, 1.82) is 0 Å². The standard InChI is InChI=1S/C33H59NO4/c1-3-5-7-9-11-13-15-17-19-21-23-37-31-25-30(28-34-29-33(35)36)26-32(27-31)38-24-22-20-18-16-14-12-10-8-6-4-2/h25-27,34H,3-24,28-29H2,1-2H3,(H,35,36). The number of unbranched alkanes of at least 4 members (excludes halogenated alkanes) is 18. The highest BCUT2D eigenvalue weighted by molar-refractivity contribution is 5.69. The Balaban J connectivity index is 2.30. The number of hydrogen-bond acceptors (Lipinski definition) is 4. The average molecular weight is 534 g/mol. The Labute approximate surface area is 234 Å². The first-order valence-corrected chi connectivity index (χ1v) is 16.0. The van der Waals surface area contributed by atoms with Crippen LogP contribution in [0.4, 0.5) is 0 Å². The second kappa shape index (κ2) is 25.5. The lowest BCUT2D eigenvalue weighted by molar-refractivity contribution is -0.136. The highest BCUT2D eigenvalue weighted by atomic mass is 16.5. The number of rotatable bonds is 28. The third kappa shape index (κ3) is 21.2. The van der Waals surface area contributed by atoms with Gasteiger partial charge in [0.25, 0.3) is 0 Å². The molecule has 38 heavy (non-hydrogen) atoms. The monoisotopic (exact) mass is 533 g/mol. The highest BCUT2D eigenvalue weighted by Gasteiger charge is 2.06. The van der Waals surface area contributed by atoms with Crippen molar-refractivity contribution in [3.63, 3.8) is 0 Å². The van der Waals surface area contributed by atoms with Crippen molar-refractivity contribution in [3.8, 4) is 11.5 Å². The lowest BCUT2D eigenvalue weighted by Crippen LogP contribution is -2.21. The third-order valence-corrected chi connectivity index (χ3v) is 7.08. The molecule has 0 atom stereocenters. The van der Waals surface area contributed by atoms with E-state index in [2.05, 4.69) is 19.2 Å². The molecule has 1 aromatic carbocycles. The summed E-state index contributed by atoms with van der Waals surface area (Å²) in [6.07, 6.45) is 26.1. The van der Waals surface area contributed by atoms with Gasteiger partial charge in [0.15, 0.2) is 0 Å². The molecule has 0 unspecified atom stereocenters. The summed E-state index contributed by atoms with van der Waals surface area (Å²) in [4.78, 5) is 10.9. The second-order valence-corrected chi connectivity index (χ2v) is 10.9. The quantitative estimate of drug-likeness (QED) is 0.105. The maximum absolute atomic E-state index is 10.9. The van der Waals surface area contributed by atoms with E-state index in [-0.39, 0.29) is 6.54 Å². The van der Waals surface area contributed by atoms with E-state index in [0.29, 0.717) is 19.8 Å². The molecule has 0 spiro atoms. The first kappa shape index (κ1) is 34.3. The minimum atomic E-state index is -0.851. The molecule has 5 nitrogen and oxygen atoms in total. The van der Waals surface area contributed by atoms with Crippen molar-refractivity contribution in [1.82, 2.24) is 5.32 Å². The van der Waals surface area contributed by atoms with Crippen molar-refractivity contribution < 1.29 is 19.4 Å². The Hall–Kier alpha value is -1.75. The number of carboxylic acids is 1. The molecule has 0 aromatic heterocycles. The van der Waals surface area contributed by atoms with Crippen LogP contribution in [-0.2, 0) is 11.3 Å². The Bertz CT molecular complexity index is 635. The zero-order valence-electron chi connectivity index (χ0n) is 24.9. The molecule has 2 N–H and O–H groups in total. The van der Waals surface area contributed by atoms with Gasteiger partial charge in [0.2, 0.25) is 0 Å². The van der Waals surface area contributed by atoms with Crippen LogP contribution in [0, 0.1) is 0 Å². The summed E-state index contributed by atoms with van der Waals surface area (Å²) in [5.41, 5.74) is 0.991. The molecule has 1 aromatic rings. The first-order chi connectivity index (χ1) is 18.7. The molecular formula is C33H59NO4. The van der Waals surface area contributed by atoms with Crippen LogP contribution < -0.4 is 14.8 Å². The second-order valence-electron chi connectivity index (χ2n) is 10.9. The lowest BCUT2D eigenvalue weighted by Gasteiger charge is -2.13. The van der Waals surface area contributed by atoms with Gasteiger partial charge < -0.3 is 19.9 Å². The van der Waals surface area contributed by atoms with Gasteiger partial charge in [0.05, 0.1) is 19.8 Å². The summed E-state index contributed by atoms with van der Waals surface area (Å²) in [6.45, 7) is 6.37. The molecule has 0 bridgehead atoms. The van der Waals surface area contributed by atoms with E-state index in [1.807, 2.05) is 18.2 Å². The van der Waals surface area contributed by atoms with Gasteiger partial charge >= 0.3 is 5.97 Å². The molecule has 0 amide bonds. The van der Waals surface area contributed by atoms with Crippen molar-refractivity contribution in [2.75, 3.05) is 19.8 Å². The smallest absolute Gasteiger partial charge is 0.317 e. The van der Waals surface area contributed by atoms with Crippen LogP contribution in [0.15, 0.2) is 18.2 Å². The fourth-order valence-corrected chi connectivity index (χ4v) is 4.77. The fraction of sp³-hybridized carbons (Fsp3) is 0.788. The maximum atomic E-state index is 10.9. The normalized spacial score (nSPS) is 11.1. The van der Waals surface area contributed by atoms with Crippen LogP contribution in [0.1, 0.15) is 148 Å². The van der Waals surface area contributed by atoms with Crippen LogP contribution in [0.2, 0.25) is 0 Å². The van der Waals surface area contributed by atoms with Crippen LogP contribution in [0.3, 0.4) is 0 Å². The van der Waals surface area contributed by atoms with Crippen LogP contribution in [-0.4, -0.2) is 30.8 Å². The zero-order chi connectivity index (χ0) is 27.5. The Morgan fingerprint density at radius 3 is 1.34 bits per heavy atom. The maximum Gasteiger partial charge on any atom is 0.317 e. The number of hydrogen-bond donors (Lipinski definition) is 2. The molecule has 0 heterocycles. The van der Waals surface area contributed by atoms with Crippen molar-refractivity contribution >= 4 is 5.97 Å². The molecule has 220 valence electrons. The largest absolute Gasteiger partial charge is 0.493 e. The van der Waals surface area contributed by atoms with Gasteiger partial charge in [-0.15, -0.1) is 0 Å². The van der Waals surface area contributed by atoms with Crippen molar-refractivity contribution in [3.05, 3.63) is 23.8 Å². The first-order valence-electron chi connectivity index (χ1n) is 16.0. The number of carbonyl (C=O) groups is 1. The molecule has 0 aliphatic rings. The highest BCUT2D eigenvalue weighted by Crippen LogP contribution is 2.24. The van der Waals surface area contributed by atoms with Gasteiger partial charge in [-0.3, -0.25) is 4.79 Å². The average Bonchev–Trinajstić information content (AvgIpc) is 2.90. The fourth-order valence-electron chi connectivity index (χ4n) is 4.77. The van der Waals surface area contributed by atoms with Crippen LogP contribution >= 0.6 is 0 Å². The lowest BCUT2D eigenvalue weighted by atomic mass is 10.1. The summed E-state index contributed by atoms with van der Waals surface area (Å²) in [7, 11) is 0. The van der Waals surface area contributed by atoms with E-state index in [1.165, 1.54) is 116 Å². The van der Waals surface area contributed by atoms with Gasteiger partial charge in [-0.25, -0.2) is 0 Å². The van der Waals surface area contributed by atoms with E-state index in [4.69, 9.17) is 14.6 Å². The number of aliphatic carboxylic acids is 1. The van der Waals surface area contributed by atoms with Gasteiger partial charge in [0, 0.05) is 12.6 Å². The minimum Gasteiger partial charge on any atom is -0.493 e. The van der Waals surface area contributed by atoms with Crippen LogP contribution in [0.5, 0.6) is 11.5 Å². The Kier molecular flexibility index (Phi) is 23.0. The molecule has 1 rings (SSSR count). The molecule has 0 aliphatic carbocycles. The van der Waals surface area contributed by atoms with Crippen molar-refractivity contribution in [2.45, 2.75) is 149 Å². The minimum absolute atomic E-state index is 0.0571. The van der Waals surface area contributed by atoms with E-state index in [0.717, 1.165) is 29.9 Å². The predicted molar refractivity (Wildman–Crippen MR) is 160 cm³/mol. The molecule has 5 heteroatoms. The Morgan fingerprint density at radius 2 is 0.974 bits per heavy atom. The molecule has 0 saturated heterocycles. The molecular weight excluding hydrogens is 474 g/mol. The van der Waals surface area contributed by atoms with Gasteiger partial charge in [-0.2, -0.15) is 0 Å². The molecule has 0 radical (unpaired) electrons. The van der Waals surface area contributed by atoms with Crippen LogP contribution in [0.25, 0.3) is 0 Å². The SMILES string of the molecule is CCCCCCCCCCCCOc1cc(CNCC(=O)O)cc(OCCCCCCCCCCCC)c1. The number of carboxylic acid groups (broad SMARTS) is 1. The van der Waals surface area contributed by atoms with Gasteiger partial charge in [-0.1, -0.05) is 129 Å². The number of benzene rings is 1. The molecule has 0 aliphatic heterocycles. The predicted octanol–water partition coefficient (Wildman–Crippen LogP) is 9.46. The van der Waals surface area contributed by atoms with E-state index < -0.39 is 5.97 Å². The van der Waals surface area contributed by atoms with Crippen molar-refractivity contribution in [2.24, 2.45) is 0 Å². The van der Waals surface area contributed by atoms with E-state index >= 15 is 0 Å². The zero-order valence-corrected chi connectivity index (χ0v) is 24.9. The summed E-state index contributed by atoms with van der Waals surface area (Å²) in [6, 6.07) is 5.98. The molecule has 0 fully saturated rings. The summed E-state index contributed by atoms with van der Waals surface area (Å²) < 4.78 is 12.1. The van der Waals surface area contributed by atoms with Gasteiger partial charge in [0.1, 0.15) is 11.5 Å². The number of nitrogens with one attached hydrogen (secondary N) is 1. The Morgan fingerprint density at radius 1 is 0.605 bits per heavy atom. The van der Waals surface area contributed by atoms with E-state index in [1.54, 1.807) is 0 Å². The summed E-state index contributed by atoms with van der Waals surface area (Å²) >= 11 is 0. The molecule has 0 saturated carbocycles. The summed E-state index contributed by atoms with van der Waals surface area (Å²) in [5, 5.41) is 11.9. The van der Waals surface area contributed by atoms with E-state index in [9.17, 15) is 4.79 Å². The third-order valence-electron chi connectivity index (χ3n) is 7.08. The summed E-state index contributed by atoms with van der Waals surface area (Å²) in [5.74, 6) is 0.776. The topological polar surface area (TPSA) is 67.8 Å².